The lowest BCUT2D eigenvalue weighted by Crippen LogP contribution is -2.38. The zero-order valence-corrected chi connectivity index (χ0v) is 16.4. The molecule has 2 aromatic rings. The molecule has 140 valence electrons. The molecule has 5 nitrogen and oxygen atoms in total. The zero-order chi connectivity index (χ0) is 18.7. The van der Waals surface area contributed by atoms with Crippen LogP contribution >= 0.6 is 11.6 Å². The third-order valence-corrected chi connectivity index (χ3v) is 5.49. The molecule has 0 bridgehead atoms. The van der Waals surface area contributed by atoms with Crippen LogP contribution in [0.5, 0.6) is 0 Å². The molecule has 1 saturated heterocycles. The number of piperidine rings is 1. The van der Waals surface area contributed by atoms with Gasteiger partial charge in [-0.2, -0.15) is 0 Å². The summed E-state index contributed by atoms with van der Waals surface area (Å²) in [6, 6.07) is 7.86. The van der Waals surface area contributed by atoms with Gasteiger partial charge in [0.05, 0.1) is 0 Å². The number of nitrogens with zero attached hydrogens (tertiary/aromatic N) is 3. The molecule has 1 unspecified atom stereocenters. The van der Waals surface area contributed by atoms with Gasteiger partial charge in [0, 0.05) is 37.4 Å². The van der Waals surface area contributed by atoms with Crippen molar-refractivity contribution in [2.24, 2.45) is 5.92 Å². The monoisotopic (exact) mass is 375 g/mol. The van der Waals surface area contributed by atoms with Crippen molar-refractivity contribution in [3.8, 4) is 0 Å². The van der Waals surface area contributed by atoms with E-state index < -0.39 is 0 Å². The van der Waals surface area contributed by atoms with Gasteiger partial charge < -0.3 is 9.32 Å². The predicted octanol–water partition coefficient (Wildman–Crippen LogP) is 4.57. The van der Waals surface area contributed by atoms with Crippen LogP contribution in [0.25, 0.3) is 0 Å². The van der Waals surface area contributed by atoms with Crippen molar-refractivity contribution in [3.63, 3.8) is 0 Å². The van der Waals surface area contributed by atoms with Gasteiger partial charge in [-0.1, -0.05) is 37.6 Å². The van der Waals surface area contributed by atoms with Crippen molar-refractivity contribution in [1.82, 2.24) is 15.1 Å². The van der Waals surface area contributed by atoms with Gasteiger partial charge >= 0.3 is 0 Å². The van der Waals surface area contributed by atoms with Crippen LogP contribution < -0.4 is 0 Å². The second kappa shape index (κ2) is 8.21. The summed E-state index contributed by atoms with van der Waals surface area (Å²) in [4.78, 5) is 14.8. The van der Waals surface area contributed by atoms with Gasteiger partial charge in [0.15, 0.2) is 0 Å². The molecule has 6 heteroatoms. The number of aromatic nitrogens is 2. The third kappa shape index (κ3) is 4.44. The molecule has 26 heavy (non-hydrogen) atoms. The van der Waals surface area contributed by atoms with Crippen LogP contribution in [0.3, 0.4) is 0 Å². The van der Waals surface area contributed by atoms with Crippen LogP contribution in [0.2, 0.25) is 5.02 Å². The highest BCUT2D eigenvalue weighted by atomic mass is 35.5. The highest BCUT2D eigenvalue weighted by molar-refractivity contribution is 6.30. The van der Waals surface area contributed by atoms with Crippen LogP contribution in [-0.4, -0.2) is 34.1 Å². The topological polar surface area (TPSA) is 59.2 Å². The fraction of sp³-hybridized carbons (Fsp3) is 0.550. The molecular formula is C20H26ClN3O2. The van der Waals surface area contributed by atoms with Crippen molar-refractivity contribution in [1.29, 1.82) is 0 Å². The Bertz CT molecular complexity index is 734. The van der Waals surface area contributed by atoms with Gasteiger partial charge in [0.1, 0.15) is 0 Å². The smallest absolute Gasteiger partial charge is 0.223 e. The molecule has 2 heterocycles. The lowest BCUT2D eigenvalue weighted by molar-refractivity contribution is -0.133. The van der Waals surface area contributed by atoms with E-state index in [0.717, 1.165) is 31.0 Å². The van der Waals surface area contributed by atoms with E-state index in [1.54, 1.807) is 6.92 Å². The largest absolute Gasteiger partial charge is 0.425 e. The maximum absolute atomic E-state index is 12.8. The maximum atomic E-state index is 12.8. The first-order valence-corrected chi connectivity index (χ1v) is 9.65. The predicted molar refractivity (Wildman–Crippen MR) is 101 cm³/mol. The summed E-state index contributed by atoms with van der Waals surface area (Å²) in [5.74, 6) is 2.38. The second-order valence-corrected chi connectivity index (χ2v) is 7.86. The zero-order valence-electron chi connectivity index (χ0n) is 15.6. The number of carbonyl (C=O) groups is 1. The molecule has 3 rings (SSSR count). The first-order chi connectivity index (χ1) is 12.4. The van der Waals surface area contributed by atoms with Gasteiger partial charge in [-0.3, -0.25) is 4.79 Å². The Kier molecular flexibility index (Phi) is 5.97. The van der Waals surface area contributed by atoms with Crippen LogP contribution in [0.4, 0.5) is 0 Å². The van der Waals surface area contributed by atoms with Crippen molar-refractivity contribution >= 4 is 17.5 Å². The molecule has 0 saturated carbocycles. The van der Waals surface area contributed by atoms with E-state index in [1.807, 2.05) is 29.2 Å². The average molecular weight is 376 g/mol. The number of carbonyl (C=O) groups excluding carboxylic acids is 1. The Morgan fingerprint density at radius 1 is 1.23 bits per heavy atom. The quantitative estimate of drug-likeness (QED) is 0.768. The SMILES string of the molecule is Cc1nnc(C2CCN(C(=O)CC(c3ccc(Cl)cc3)C(C)C)CC2)o1. The van der Waals surface area contributed by atoms with Crippen molar-refractivity contribution in [2.45, 2.75) is 51.9 Å². The first kappa shape index (κ1) is 18.9. The Hall–Kier alpha value is -1.88. The van der Waals surface area contributed by atoms with E-state index in [0.29, 0.717) is 24.1 Å². The molecule has 1 atom stereocenters. The Morgan fingerprint density at radius 3 is 2.42 bits per heavy atom. The van der Waals surface area contributed by atoms with Crippen LogP contribution in [-0.2, 0) is 4.79 Å². The van der Waals surface area contributed by atoms with E-state index in [9.17, 15) is 4.79 Å². The summed E-state index contributed by atoms with van der Waals surface area (Å²) in [5, 5.41) is 8.76. The molecule has 0 radical (unpaired) electrons. The molecule has 0 spiro atoms. The number of hydrogen-bond acceptors (Lipinski definition) is 4. The van der Waals surface area contributed by atoms with Crippen molar-refractivity contribution < 1.29 is 9.21 Å². The molecule has 0 aliphatic carbocycles. The molecule has 1 aromatic carbocycles. The normalized spacial score (nSPS) is 16.9. The molecule has 1 fully saturated rings. The molecule has 0 N–H and O–H groups in total. The molecule has 1 aliphatic rings. The van der Waals surface area contributed by atoms with Gasteiger partial charge in [0.2, 0.25) is 17.7 Å². The lowest BCUT2D eigenvalue weighted by atomic mass is 9.85. The van der Waals surface area contributed by atoms with E-state index in [2.05, 4.69) is 24.0 Å². The summed E-state index contributed by atoms with van der Waals surface area (Å²) in [6.45, 7) is 7.62. The highest BCUT2D eigenvalue weighted by Crippen LogP contribution is 2.32. The Morgan fingerprint density at radius 2 is 1.88 bits per heavy atom. The number of aryl methyl sites for hydroxylation is 1. The summed E-state index contributed by atoms with van der Waals surface area (Å²) in [5.41, 5.74) is 1.17. The molecule has 1 amide bonds. The molecule has 1 aliphatic heterocycles. The summed E-state index contributed by atoms with van der Waals surface area (Å²) in [7, 11) is 0. The molecule has 1 aromatic heterocycles. The summed E-state index contributed by atoms with van der Waals surface area (Å²) < 4.78 is 5.55. The van der Waals surface area contributed by atoms with Gasteiger partial charge in [-0.15, -0.1) is 10.2 Å². The maximum Gasteiger partial charge on any atom is 0.223 e. The summed E-state index contributed by atoms with van der Waals surface area (Å²) >= 11 is 6.00. The fourth-order valence-corrected chi connectivity index (χ4v) is 3.74. The Labute approximate surface area is 159 Å². The lowest BCUT2D eigenvalue weighted by Gasteiger charge is -2.32. The number of rotatable bonds is 5. The minimum atomic E-state index is 0.205. The van der Waals surface area contributed by atoms with Crippen molar-refractivity contribution in [2.75, 3.05) is 13.1 Å². The van der Waals surface area contributed by atoms with Gasteiger partial charge in [0.25, 0.3) is 0 Å². The second-order valence-electron chi connectivity index (χ2n) is 7.42. The van der Waals surface area contributed by atoms with Gasteiger partial charge in [-0.05, 0) is 42.4 Å². The first-order valence-electron chi connectivity index (χ1n) is 9.27. The van der Waals surface area contributed by atoms with E-state index in [-0.39, 0.29) is 17.7 Å². The third-order valence-electron chi connectivity index (χ3n) is 5.24. The van der Waals surface area contributed by atoms with Crippen LogP contribution in [0, 0.1) is 12.8 Å². The van der Waals surface area contributed by atoms with E-state index in [4.69, 9.17) is 16.0 Å². The number of amides is 1. The van der Waals surface area contributed by atoms with Crippen molar-refractivity contribution in [3.05, 3.63) is 46.6 Å². The minimum absolute atomic E-state index is 0.205. The van der Waals surface area contributed by atoms with Crippen LogP contribution in [0.1, 0.15) is 62.3 Å². The van der Waals surface area contributed by atoms with Crippen LogP contribution in [0.15, 0.2) is 28.7 Å². The number of halogens is 1. The minimum Gasteiger partial charge on any atom is -0.425 e. The van der Waals surface area contributed by atoms with E-state index in [1.165, 1.54) is 5.56 Å². The molecular weight excluding hydrogens is 350 g/mol. The van der Waals surface area contributed by atoms with Gasteiger partial charge in [-0.25, -0.2) is 0 Å². The average Bonchev–Trinajstić information content (AvgIpc) is 3.07. The standard InChI is InChI=1S/C20H26ClN3O2/c1-13(2)18(15-4-6-17(21)7-5-15)12-19(25)24-10-8-16(9-11-24)20-23-22-14(3)26-20/h4-7,13,16,18H,8-12H2,1-3H3. The van der Waals surface area contributed by atoms with E-state index >= 15 is 0 Å². The highest BCUT2D eigenvalue weighted by Gasteiger charge is 2.29. The number of hydrogen-bond donors (Lipinski definition) is 0. The number of benzene rings is 1. The number of likely N-dealkylation sites (tertiary alicyclic amines) is 1. The Balaban J connectivity index is 1.59. The fourth-order valence-electron chi connectivity index (χ4n) is 3.62. The summed E-state index contributed by atoms with van der Waals surface area (Å²) in [6.07, 6.45) is 2.28.